The summed E-state index contributed by atoms with van der Waals surface area (Å²) >= 11 is 1.56. The molecule has 51 heavy (non-hydrogen) atoms. The van der Waals surface area contributed by atoms with Crippen LogP contribution in [0.5, 0.6) is 17.2 Å². The van der Waals surface area contributed by atoms with Crippen LogP contribution in [0.25, 0.3) is 22.0 Å². The third-order valence-electron chi connectivity index (χ3n) is 9.07. The number of esters is 1. The Morgan fingerprint density at radius 2 is 1.75 bits per heavy atom. The van der Waals surface area contributed by atoms with Gasteiger partial charge in [0.1, 0.15) is 12.1 Å². The second kappa shape index (κ2) is 16.7. The summed E-state index contributed by atoms with van der Waals surface area (Å²) in [5.74, 6) is 0.668. The van der Waals surface area contributed by atoms with E-state index in [1.807, 2.05) is 42.8 Å². The molecule has 1 aliphatic rings. The molecule has 0 fully saturated rings. The molecule has 1 heterocycles. The third-order valence-corrected chi connectivity index (χ3v) is 9.72. The van der Waals surface area contributed by atoms with E-state index in [2.05, 4.69) is 20.9 Å². The molecule has 3 aromatic carbocycles. The van der Waals surface area contributed by atoms with Crippen LogP contribution in [0.3, 0.4) is 0 Å². The number of anilines is 1. The second-order valence-corrected chi connectivity index (χ2v) is 13.2. The molecule has 3 unspecified atom stereocenters. The predicted molar refractivity (Wildman–Crippen MR) is 199 cm³/mol. The quantitative estimate of drug-likeness (QED) is 0.134. The first-order valence-corrected chi connectivity index (χ1v) is 18.0. The molecule has 1 aromatic heterocycles. The Morgan fingerprint density at radius 3 is 2.43 bits per heavy atom. The molecule has 13 heteroatoms. The van der Waals surface area contributed by atoms with Gasteiger partial charge in [-0.25, -0.2) is 4.79 Å². The largest absolute Gasteiger partial charge is 0.493 e. The Bertz CT molecular complexity index is 1980. The van der Waals surface area contributed by atoms with Crippen LogP contribution in [0.1, 0.15) is 42.5 Å². The van der Waals surface area contributed by atoms with Crippen LogP contribution in [0, 0.1) is 0 Å². The number of nitrogens with one attached hydrogen (secondary N) is 4. The normalized spacial score (nSPS) is 14.6. The molecule has 270 valence electrons. The molecular weight excluding hydrogens is 673 g/mol. The number of aromatic nitrogens is 1. The highest BCUT2D eigenvalue weighted by Gasteiger charge is 2.31. The average molecular weight is 717 g/mol. The van der Waals surface area contributed by atoms with E-state index in [0.29, 0.717) is 53.4 Å². The van der Waals surface area contributed by atoms with Crippen molar-refractivity contribution in [1.29, 1.82) is 0 Å². The Kier molecular flexibility index (Phi) is 12.1. The zero-order valence-electron chi connectivity index (χ0n) is 29.6. The minimum Gasteiger partial charge on any atom is -0.493 e. The number of aromatic amines is 1. The molecule has 2 amide bonds. The van der Waals surface area contributed by atoms with Crippen LogP contribution < -0.4 is 35.6 Å². The molecular formula is C38H44N4O8S. The van der Waals surface area contributed by atoms with E-state index in [-0.39, 0.29) is 23.4 Å². The van der Waals surface area contributed by atoms with Crippen LogP contribution in [-0.4, -0.2) is 75.3 Å². The number of rotatable bonds is 14. The first-order valence-electron chi connectivity index (χ1n) is 16.6. The van der Waals surface area contributed by atoms with Crippen molar-refractivity contribution >= 4 is 46.1 Å². The Hall–Kier alpha value is -5.17. The summed E-state index contributed by atoms with van der Waals surface area (Å²) in [5.41, 5.74) is 4.45. The van der Waals surface area contributed by atoms with E-state index >= 15 is 0 Å². The summed E-state index contributed by atoms with van der Waals surface area (Å²) < 4.78 is 22.3. The van der Waals surface area contributed by atoms with Gasteiger partial charge >= 0.3 is 5.97 Å². The van der Waals surface area contributed by atoms with Crippen molar-refractivity contribution in [1.82, 2.24) is 15.6 Å². The van der Waals surface area contributed by atoms with E-state index in [9.17, 15) is 19.2 Å². The van der Waals surface area contributed by atoms with Crippen molar-refractivity contribution in [3.05, 3.63) is 81.6 Å². The van der Waals surface area contributed by atoms with Gasteiger partial charge in [-0.1, -0.05) is 24.3 Å². The Labute approximate surface area is 301 Å². The smallest absolute Gasteiger partial charge is 0.328 e. The van der Waals surface area contributed by atoms with Gasteiger partial charge in [0.25, 0.3) is 0 Å². The van der Waals surface area contributed by atoms with Crippen LogP contribution in [0.15, 0.2) is 59.5 Å². The van der Waals surface area contributed by atoms with Crippen molar-refractivity contribution in [2.75, 3.05) is 45.8 Å². The average Bonchev–Trinajstić information content (AvgIpc) is 3.39. The van der Waals surface area contributed by atoms with Gasteiger partial charge in [0.2, 0.25) is 23.0 Å². The Balaban J connectivity index is 1.54. The van der Waals surface area contributed by atoms with E-state index in [1.54, 1.807) is 31.0 Å². The van der Waals surface area contributed by atoms with Gasteiger partial charge in [0.05, 0.1) is 40.2 Å². The SMILES string of the molecule is COC(=O)C(Cc1c[nH]c2ccccc12)NC(=O)C(CCSC)Nc1ccc2c(cc1=O)C(NC(C)=O)CCc1cc(OC)c(OC)c(OC)c1-2. The first kappa shape index (κ1) is 37.1. The van der Waals surface area contributed by atoms with Gasteiger partial charge < -0.3 is 39.9 Å². The van der Waals surface area contributed by atoms with Gasteiger partial charge in [0, 0.05) is 36.0 Å². The van der Waals surface area contributed by atoms with Gasteiger partial charge in [-0.2, -0.15) is 11.8 Å². The zero-order valence-corrected chi connectivity index (χ0v) is 30.5. The van der Waals surface area contributed by atoms with Crippen molar-refractivity contribution in [2.24, 2.45) is 0 Å². The fourth-order valence-corrected chi connectivity index (χ4v) is 7.12. The molecule has 4 N–H and O–H groups in total. The molecule has 0 aliphatic heterocycles. The summed E-state index contributed by atoms with van der Waals surface area (Å²) in [6, 6.07) is 12.2. The summed E-state index contributed by atoms with van der Waals surface area (Å²) in [6.45, 7) is 1.44. The minimum atomic E-state index is -0.968. The number of thioether (sulfide) groups is 1. The Morgan fingerprint density at radius 1 is 0.980 bits per heavy atom. The molecule has 5 rings (SSSR count). The maximum absolute atomic E-state index is 14.0. The number of hydrogen-bond acceptors (Lipinski definition) is 10. The number of para-hydroxylation sites is 1. The van der Waals surface area contributed by atoms with Crippen LogP contribution in [-0.2, 0) is 32.0 Å². The third kappa shape index (κ3) is 8.09. The number of benzene rings is 2. The molecule has 0 spiro atoms. The van der Waals surface area contributed by atoms with Crippen LogP contribution >= 0.6 is 11.8 Å². The molecule has 0 bridgehead atoms. The number of aryl methyl sites for hydroxylation is 1. The number of hydrogen-bond donors (Lipinski definition) is 4. The monoisotopic (exact) mass is 716 g/mol. The fraction of sp³-hybridized carbons (Fsp3) is 0.368. The maximum Gasteiger partial charge on any atom is 0.328 e. The van der Waals surface area contributed by atoms with Crippen molar-refractivity contribution in [3.8, 4) is 28.4 Å². The summed E-state index contributed by atoms with van der Waals surface area (Å²) in [4.78, 5) is 56.4. The number of carbonyl (C=O) groups excluding carboxylic acids is 3. The molecule has 0 saturated heterocycles. The van der Waals surface area contributed by atoms with E-state index in [1.165, 1.54) is 34.3 Å². The fourth-order valence-electron chi connectivity index (χ4n) is 6.65. The standard InChI is InChI=1S/C38H44N4O8S/c1-21(43)40-28-13-11-22-18-33(47-2)35(48-3)36(49-4)34(22)25-12-14-29(32(44)19-26(25)28)41-30(15-16-51-6)37(45)42-31(38(46)50-5)17-23-20-39-27-10-8-7-9-24(23)27/h7-10,12,14,18-20,28,30-31,39H,11,13,15-17H2,1-6H3,(H,40,43)(H,41,44)(H,42,45). The topological polar surface area (TPSA) is 157 Å². The van der Waals surface area contributed by atoms with Gasteiger partial charge in [-0.3, -0.25) is 14.4 Å². The lowest BCUT2D eigenvalue weighted by Gasteiger charge is -2.22. The van der Waals surface area contributed by atoms with Crippen LogP contribution in [0.2, 0.25) is 0 Å². The zero-order chi connectivity index (χ0) is 36.7. The highest BCUT2D eigenvalue weighted by molar-refractivity contribution is 7.98. The lowest BCUT2D eigenvalue weighted by atomic mass is 9.95. The number of fused-ring (bicyclic) bond motifs is 4. The highest BCUT2D eigenvalue weighted by Crippen LogP contribution is 2.50. The molecule has 1 aliphatic carbocycles. The molecule has 12 nitrogen and oxygen atoms in total. The number of amides is 2. The van der Waals surface area contributed by atoms with Crippen LogP contribution in [0.4, 0.5) is 5.69 Å². The molecule has 3 atom stereocenters. The number of ether oxygens (including phenoxy) is 4. The number of methoxy groups -OCH3 is 4. The number of carbonyl (C=O) groups is 3. The predicted octanol–water partition coefficient (Wildman–Crippen LogP) is 4.78. The van der Waals surface area contributed by atoms with E-state index < -0.39 is 30.0 Å². The van der Waals surface area contributed by atoms with Gasteiger partial charge in [-0.05, 0) is 77.8 Å². The highest BCUT2D eigenvalue weighted by atomic mass is 32.2. The summed E-state index contributed by atoms with van der Waals surface area (Å²) in [6.07, 6.45) is 5.39. The lowest BCUT2D eigenvalue weighted by Crippen LogP contribution is -2.49. The minimum absolute atomic E-state index is 0.179. The first-order chi connectivity index (χ1) is 24.6. The maximum atomic E-state index is 14.0. The summed E-state index contributed by atoms with van der Waals surface area (Å²) in [5, 5.41) is 10.0. The second-order valence-electron chi connectivity index (χ2n) is 12.2. The summed E-state index contributed by atoms with van der Waals surface area (Å²) in [7, 11) is 5.90. The molecule has 4 aromatic rings. The van der Waals surface area contributed by atoms with Crippen molar-refractivity contribution < 1.29 is 33.3 Å². The van der Waals surface area contributed by atoms with Crippen molar-refractivity contribution in [2.45, 2.75) is 50.7 Å². The van der Waals surface area contributed by atoms with Gasteiger partial charge in [0.15, 0.2) is 11.5 Å². The van der Waals surface area contributed by atoms with E-state index in [0.717, 1.165) is 27.6 Å². The van der Waals surface area contributed by atoms with E-state index in [4.69, 9.17) is 18.9 Å². The number of H-pyrrole nitrogens is 1. The molecule has 0 radical (unpaired) electrons. The lowest BCUT2D eigenvalue weighted by molar-refractivity contribution is -0.145. The van der Waals surface area contributed by atoms with Crippen molar-refractivity contribution in [3.63, 3.8) is 0 Å². The molecule has 0 saturated carbocycles. The van der Waals surface area contributed by atoms with Gasteiger partial charge in [-0.15, -0.1) is 0 Å².